The van der Waals surface area contributed by atoms with Gasteiger partial charge in [0.1, 0.15) is 11.5 Å². The molecule has 2 atom stereocenters. The normalized spacial score (nSPS) is 16.0. The van der Waals surface area contributed by atoms with Crippen LogP contribution in [0, 0.1) is 0 Å². The van der Waals surface area contributed by atoms with Gasteiger partial charge in [0, 0.05) is 24.3 Å². The van der Waals surface area contributed by atoms with E-state index >= 15 is 0 Å². The molecule has 0 fully saturated rings. The van der Waals surface area contributed by atoms with E-state index in [-0.39, 0.29) is 17.7 Å². The van der Waals surface area contributed by atoms with Gasteiger partial charge in [0.25, 0.3) is 5.91 Å². The van der Waals surface area contributed by atoms with Crippen LogP contribution in [-0.4, -0.2) is 36.5 Å². The van der Waals surface area contributed by atoms with Crippen LogP contribution in [-0.2, 0) is 22.6 Å². The first-order chi connectivity index (χ1) is 17.0. The van der Waals surface area contributed by atoms with Gasteiger partial charge in [-0.25, -0.2) is 0 Å². The summed E-state index contributed by atoms with van der Waals surface area (Å²) in [5.41, 5.74) is 3.70. The van der Waals surface area contributed by atoms with Crippen LogP contribution < -0.4 is 14.8 Å². The summed E-state index contributed by atoms with van der Waals surface area (Å²) in [5, 5.41) is 3.06. The van der Waals surface area contributed by atoms with E-state index in [4.69, 9.17) is 9.47 Å². The molecule has 0 bridgehead atoms. The van der Waals surface area contributed by atoms with Crippen LogP contribution in [0.15, 0.2) is 72.8 Å². The van der Waals surface area contributed by atoms with Crippen molar-refractivity contribution in [3.8, 4) is 11.5 Å². The molecule has 0 saturated carbocycles. The van der Waals surface area contributed by atoms with Crippen LogP contribution in [0.5, 0.6) is 11.5 Å². The molecule has 0 radical (unpaired) electrons. The van der Waals surface area contributed by atoms with Crippen molar-refractivity contribution < 1.29 is 19.1 Å². The minimum absolute atomic E-state index is 0.0459. The van der Waals surface area contributed by atoms with Gasteiger partial charge < -0.3 is 19.7 Å². The summed E-state index contributed by atoms with van der Waals surface area (Å²) < 4.78 is 11.2. The molecule has 0 saturated heterocycles. The molecule has 182 valence electrons. The van der Waals surface area contributed by atoms with Crippen molar-refractivity contribution in [2.24, 2.45) is 0 Å². The summed E-state index contributed by atoms with van der Waals surface area (Å²) >= 11 is 0. The lowest BCUT2D eigenvalue weighted by Crippen LogP contribution is -2.39. The van der Waals surface area contributed by atoms with Gasteiger partial charge in [0.05, 0.1) is 13.0 Å². The van der Waals surface area contributed by atoms with Crippen LogP contribution in [0.1, 0.15) is 42.9 Å². The Morgan fingerprint density at radius 2 is 1.86 bits per heavy atom. The zero-order valence-electron chi connectivity index (χ0n) is 20.5. The highest BCUT2D eigenvalue weighted by Crippen LogP contribution is 2.30. The van der Waals surface area contributed by atoms with Crippen molar-refractivity contribution in [3.05, 3.63) is 89.5 Å². The second-order valence-electron chi connectivity index (χ2n) is 8.80. The lowest BCUT2D eigenvalue weighted by Gasteiger charge is -2.22. The highest BCUT2D eigenvalue weighted by atomic mass is 16.5. The number of ether oxygens (including phenoxy) is 2. The first kappa shape index (κ1) is 24.3. The molecule has 1 aliphatic heterocycles. The second kappa shape index (κ2) is 11.1. The topological polar surface area (TPSA) is 67.9 Å². The smallest absolute Gasteiger partial charge is 0.263 e. The first-order valence-electron chi connectivity index (χ1n) is 12.1. The fourth-order valence-electron chi connectivity index (χ4n) is 4.41. The van der Waals surface area contributed by atoms with Crippen molar-refractivity contribution in [3.63, 3.8) is 0 Å². The summed E-state index contributed by atoms with van der Waals surface area (Å²) in [6.07, 6.45) is 0.855. The Morgan fingerprint density at radius 3 is 2.54 bits per heavy atom. The highest BCUT2D eigenvalue weighted by Gasteiger charge is 2.28. The standard InChI is InChI=1S/C29H32N2O4/c1-4-26(22-8-6-5-7-9-22)28(32)30-24-12-15-27-23(18-24)19-31(29(33)20(2)35-27)17-16-21-10-13-25(34-3)14-11-21/h5-15,18,20,26H,4,16-17,19H2,1-3H3,(H,30,32). The number of nitrogens with one attached hydrogen (secondary N) is 1. The molecule has 0 aromatic heterocycles. The van der Waals surface area contributed by atoms with Crippen molar-refractivity contribution in [1.29, 1.82) is 0 Å². The number of anilines is 1. The molecule has 1 N–H and O–H groups in total. The number of hydrogen-bond donors (Lipinski definition) is 1. The second-order valence-corrected chi connectivity index (χ2v) is 8.80. The summed E-state index contributed by atoms with van der Waals surface area (Å²) in [4.78, 5) is 27.9. The zero-order valence-corrected chi connectivity index (χ0v) is 20.5. The van der Waals surface area contributed by atoms with E-state index in [1.165, 1.54) is 0 Å². The van der Waals surface area contributed by atoms with Crippen molar-refractivity contribution in [2.75, 3.05) is 19.0 Å². The maximum atomic E-state index is 13.0. The fraction of sp³-hybridized carbons (Fsp3) is 0.310. The van der Waals surface area contributed by atoms with Crippen LogP contribution in [0.4, 0.5) is 5.69 Å². The predicted molar refractivity (Wildman–Crippen MR) is 137 cm³/mol. The van der Waals surface area contributed by atoms with Gasteiger partial charge in [-0.05, 0) is 61.2 Å². The van der Waals surface area contributed by atoms with E-state index in [9.17, 15) is 9.59 Å². The quantitative estimate of drug-likeness (QED) is 0.491. The van der Waals surface area contributed by atoms with Crippen LogP contribution >= 0.6 is 0 Å². The Hall–Kier alpha value is -3.80. The average Bonchev–Trinajstić information content (AvgIpc) is 3.00. The third-order valence-electron chi connectivity index (χ3n) is 6.41. The number of carbonyl (C=O) groups is 2. The number of nitrogens with zero attached hydrogens (tertiary/aromatic N) is 1. The number of amides is 2. The SMILES string of the molecule is CCC(C(=O)Nc1ccc2c(c1)CN(CCc1ccc(OC)cc1)C(=O)C(C)O2)c1ccccc1. The van der Waals surface area contributed by atoms with E-state index in [1.54, 1.807) is 14.0 Å². The first-order valence-corrected chi connectivity index (χ1v) is 12.1. The molecule has 2 amide bonds. The molecule has 6 heteroatoms. The minimum Gasteiger partial charge on any atom is -0.497 e. The maximum Gasteiger partial charge on any atom is 0.263 e. The monoisotopic (exact) mass is 472 g/mol. The Morgan fingerprint density at radius 1 is 1.11 bits per heavy atom. The number of methoxy groups -OCH3 is 1. The average molecular weight is 473 g/mol. The predicted octanol–water partition coefficient (Wildman–Crippen LogP) is 5.18. The van der Waals surface area contributed by atoms with Crippen LogP contribution in [0.2, 0.25) is 0 Å². The molecule has 3 aromatic rings. The molecule has 4 rings (SSSR count). The maximum absolute atomic E-state index is 13.0. The largest absolute Gasteiger partial charge is 0.497 e. The molecule has 6 nitrogen and oxygen atoms in total. The number of carbonyl (C=O) groups excluding carboxylic acids is 2. The van der Waals surface area contributed by atoms with E-state index in [0.717, 1.165) is 28.9 Å². The van der Waals surface area contributed by atoms with Crippen molar-refractivity contribution >= 4 is 17.5 Å². The zero-order chi connectivity index (χ0) is 24.8. The molecule has 1 heterocycles. The van der Waals surface area contributed by atoms with Crippen molar-refractivity contribution in [2.45, 2.75) is 45.3 Å². The summed E-state index contributed by atoms with van der Waals surface area (Å²) in [7, 11) is 1.64. The fourth-order valence-corrected chi connectivity index (χ4v) is 4.41. The molecule has 0 spiro atoms. The number of hydrogen-bond acceptors (Lipinski definition) is 4. The van der Waals surface area contributed by atoms with Crippen LogP contribution in [0.25, 0.3) is 0 Å². The minimum atomic E-state index is -0.574. The molecule has 3 aromatic carbocycles. The molecule has 2 unspecified atom stereocenters. The van der Waals surface area contributed by atoms with Gasteiger partial charge >= 0.3 is 0 Å². The molecular formula is C29H32N2O4. The Balaban J connectivity index is 1.48. The summed E-state index contributed by atoms with van der Waals surface area (Å²) in [5.74, 6) is 1.16. The Labute approximate surface area is 206 Å². The van der Waals surface area contributed by atoms with Gasteiger partial charge in [0.2, 0.25) is 5.91 Å². The van der Waals surface area contributed by atoms with E-state index < -0.39 is 6.10 Å². The third-order valence-corrected chi connectivity index (χ3v) is 6.41. The molecular weight excluding hydrogens is 440 g/mol. The van der Waals surface area contributed by atoms with E-state index in [0.29, 0.717) is 30.9 Å². The number of benzene rings is 3. The highest BCUT2D eigenvalue weighted by molar-refractivity contribution is 5.96. The van der Waals surface area contributed by atoms with Gasteiger partial charge in [-0.15, -0.1) is 0 Å². The molecule has 35 heavy (non-hydrogen) atoms. The van der Waals surface area contributed by atoms with Gasteiger partial charge in [0.15, 0.2) is 6.10 Å². The Bertz CT molecular complexity index is 1160. The van der Waals surface area contributed by atoms with Gasteiger partial charge in [-0.1, -0.05) is 49.4 Å². The third kappa shape index (κ3) is 5.83. The number of rotatable bonds is 8. The lowest BCUT2D eigenvalue weighted by atomic mass is 9.95. The van der Waals surface area contributed by atoms with E-state index in [1.807, 2.05) is 84.6 Å². The van der Waals surface area contributed by atoms with Gasteiger partial charge in [-0.2, -0.15) is 0 Å². The lowest BCUT2D eigenvalue weighted by molar-refractivity contribution is -0.137. The summed E-state index contributed by atoms with van der Waals surface area (Å²) in [6, 6.07) is 23.3. The summed E-state index contributed by atoms with van der Waals surface area (Å²) in [6.45, 7) is 4.78. The van der Waals surface area contributed by atoms with Crippen molar-refractivity contribution in [1.82, 2.24) is 4.90 Å². The molecule has 0 aliphatic carbocycles. The molecule has 1 aliphatic rings. The Kier molecular flexibility index (Phi) is 7.70. The van der Waals surface area contributed by atoms with Gasteiger partial charge in [-0.3, -0.25) is 9.59 Å². The van der Waals surface area contributed by atoms with E-state index in [2.05, 4.69) is 5.32 Å². The number of fused-ring (bicyclic) bond motifs is 1. The van der Waals surface area contributed by atoms with Crippen LogP contribution in [0.3, 0.4) is 0 Å².